The molecule has 0 radical (unpaired) electrons. The first-order valence-electron chi connectivity index (χ1n) is 11.6. The van der Waals surface area contributed by atoms with Crippen molar-refractivity contribution < 1.29 is 22.7 Å². The first-order chi connectivity index (χ1) is 15.3. The second-order valence-corrected chi connectivity index (χ2v) is 10.3. The standard InChI is InChI=1S/C23H27F3N4O2/c24-23(25,26)22-11-21(12-22,13-22)20(31)30-7-2-14(3-8-30)16-1-6-27-19-17(16)28-18(29-19)15-4-9-32-10-5-15/h1,6,14-15H,2-5,7-13H2,(H,27,28,29). The van der Waals surface area contributed by atoms with Gasteiger partial charge in [0.15, 0.2) is 5.65 Å². The van der Waals surface area contributed by atoms with Crippen molar-refractivity contribution in [1.82, 2.24) is 19.9 Å². The number of hydrogen-bond donors (Lipinski definition) is 1. The number of carbonyl (C=O) groups excluding carboxylic acids is 1. The van der Waals surface area contributed by atoms with Gasteiger partial charge in [-0.1, -0.05) is 0 Å². The number of alkyl halides is 3. The summed E-state index contributed by atoms with van der Waals surface area (Å²) in [6, 6.07) is 2.03. The van der Waals surface area contributed by atoms with E-state index in [-0.39, 0.29) is 31.1 Å². The smallest absolute Gasteiger partial charge is 0.381 e. The molecule has 0 spiro atoms. The van der Waals surface area contributed by atoms with Gasteiger partial charge < -0.3 is 14.6 Å². The molecule has 0 aromatic carbocycles. The minimum atomic E-state index is -4.18. The molecule has 3 aliphatic carbocycles. The molecule has 7 rings (SSSR count). The minimum absolute atomic E-state index is 0.0175. The number of ether oxygens (including phenoxy) is 1. The molecule has 0 atom stereocenters. The zero-order chi connectivity index (χ0) is 22.1. The molecule has 5 fully saturated rings. The van der Waals surface area contributed by atoms with Gasteiger partial charge in [0.1, 0.15) is 5.82 Å². The molecule has 4 heterocycles. The Morgan fingerprint density at radius 1 is 1.09 bits per heavy atom. The monoisotopic (exact) mass is 448 g/mol. The van der Waals surface area contributed by atoms with E-state index < -0.39 is 17.0 Å². The molecule has 2 saturated heterocycles. The summed E-state index contributed by atoms with van der Waals surface area (Å²) < 4.78 is 44.9. The van der Waals surface area contributed by atoms with Gasteiger partial charge in [-0.2, -0.15) is 13.2 Å². The van der Waals surface area contributed by atoms with Crippen molar-refractivity contribution in [2.75, 3.05) is 26.3 Å². The number of amides is 1. The second-order valence-electron chi connectivity index (χ2n) is 10.3. The molecule has 3 saturated carbocycles. The maximum atomic E-state index is 13.1. The fourth-order valence-electron chi connectivity index (χ4n) is 6.50. The van der Waals surface area contributed by atoms with Gasteiger partial charge in [-0.15, -0.1) is 0 Å². The third kappa shape index (κ3) is 2.92. The average molecular weight is 448 g/mol. The highest BCUT2D eigenvalue weighted by Crippen LogP contribution is 2.78. The fourth-order valence-corrected chi connectivity index (χ4v) is 6.50. The van der Waals surface area contributed by atoms with E-state index >= 15 is 0 Å². The molecule has 0 unspecified atom stereocenters. The van der Waals surface area contributed by atoms with Crippen LogP contribution in [0.1, 0.15) is 68.2 Å². The van der Waals surface area contributed by atoms with Crippen LogP contribution >= 0.6 is 0 Å². The Bertz CT molecular complexity index is 1030. The molecule has 1 amide bonds. The van der Waals surface area contributed by atoms with Crippen LogP contribution in [0.25, 0.3) is 11.2 Å². The van der Waals surface area contributed by atoms with Gasteiger partial charge in [-0.05, 0) is 62.5 Å². The number of nitrogens with one attached hydrogen (secondary N) is 1. The number of likely N-dealkylation sites (tertiary alicyclic amines) is 1. The Morgan fingerprint density at radius 3 is 2.44 bits per heavy atom. The number of rotatable bonds is 3. The van der Waals surface area contributed by atoms with Crippen molar-refractivity contribution >= 4 is 17.1 Å². The summed E-state index contributed by atoms with van der Waals surface area (Å²) in [6.07, 6.45) is 1.07. The van der Waals surface area contributed by atoms with Crippen molar-refractivity contribution in [3.05, 3.63) is 23.7 Å². The van der Waals surface area contributed by atoms with E-state index in [1.54, 1.807) is 11.1 Å². The maximum Gasteiger partial charge on any atom is 0.394 e. The highest BCUT2D eigenvalue weighted by Gasteiger charge is 2.81. The zero-order valence-corrected chi connectivity index (χ0v) is 17.9. The normalized spacial score (nSPS) is 31.4. The fraction of sp³-hybridized carbons (Fsp3) is 0.696. The topological polar surface area (TPSA) is 71.1 Å². The van der Waals surface area contributed by atoms with Crippen molar-refractivity contribution in [3.8, 4) is 0 Å². The molecule has 1 N–H and O–H groups in total. The van der Waals surface area contributed by atoms with Crippen LogP contribution in [0.15, 0.2) is 12.3 Å². The van der Waals surface area contributed by atoms with Crippen molar-refractivity contribution in [2.45, 2.75) is 63.0 Å². The van der Waals surface area contributed by atoms with Gasteiger partial charge in [0.25, 0.3) is 0 Å². The number of H-pyrrole nitrogens is 1. The lowest BCUT2D eigenvalue weighted by molar-refractivity contribution is -0.353. The first-order valence-corrected chi connectivity index (χ1v) is 11.6. The summed E-state index contributed by atoms with van der Waals surface area (Å²) in [5.74, 6) is 1.55. The van der Waals surface area contributed by atoms with Gasteiger partial charge in [0.2, 0.25) is 5.91 Å². The van der Waals surface area contributed by atoms with E-state index in [2.05, 4.69) is 9.97 Å². The Hall–Kier alpha value is -2.16. The van der Waals surface area contributed by atoms with Crippen molar-refractivity contribution in [3.63, 3.8) is 0 Å². The third-order valence-electron chi connectivity index (χ3n) is 8.36. The predicted octanol–water partition coefficient (Wildman–Crippen LogP) is 4.29. The summed E-state index contributed by atoms with van der Waals surface area (Å²) >= 11 is 0. The Kier molecular flexibility index (Phi) is 4.42. The average Bonchev–Trinajstić information content (AvgIpc) is 3.16. The van der Waals surface area contributed by atoms with Crippen LogP contribution in [-0.4, -0.2) is 58.2 Å². The van der Waals surface area contributed by atoms with E-state index in [0.29, 0.717) is 19.0 Å². The predicted molar refractivity (Wildman–Crippen MR) is 110 cm³/mol. The number of aromatic nitrogens is 3. The molecule has 2 aromatic rings. The SMILES string of the molecule is O=C(N1CCC(c2ccnc3nc(C4CCOCC4)[nH]c23)CC1)C12CC(C(F)(F)F)(C1)C2. The summed E-state index contributed by atoms with van der Waals surface area (Å²) in [5, 5.41) is 0. The molecule has 2 aliphatic heterocycles. The largest absolute Gasteiger partial charge is 0.394 e. The second kappa shape index (κ2) is 6.92. The highest BCUT2D eigenvalue weighted by atomic mass is 19.4. The lowest BCUT2D eigenvalue weighted by Crippen LogP contribution is -2.73. The third-order valence-corrected chi connectivity index (χ3v) is 8.36. The molecule has 32 heavy (non-hydrogen) atoms. The summed E-state index contributed by atoms with van der Waals surface area (Å²) in [4.78, 5) is 27.5. The number of piperidine rings is 1. The zero-order valence-electron chi connectivity index (χ0n) is 17.9. The number of halogens is 3. The molecule has 5 aliphatic rings. The van der Waals surface area contributed by atoms with Crippen LogP contribution < -0.4 is 0 Å². The molecular formula is C23H27F3N4O2. The van der Waals surface area contributed by atoms with E-state index in [4.69, 9.17) is 9.72 Å². The number of aromatic amines is 1. The number of nitrogens with zero attached hydrogens (tertiary/aromatic N) is 3. The maximum absolute atomic E-state index is 13.1. The van der Waals surface area contributed by atoms with E-state index in [9.17, 15) is 18.0 Å². The van der Waals surface area contributed by atoms with E-state index in [1.165, 1.54) is 5.56 Å². The van der Waals surface area contributed by atoms with Gasteiger partial charge >= 0.3 is 6.18 Å². The first kappa shape index (κ1) is 20.4. The van der Waals surface area contributed by atoms with Crippen molar-refractivity contribution in [2.24, 2.45) is 10.8 Å². The highest BCUT2D eigenvalue weighted by molar-refractivity contribution is 5.87. The molecule has 6 nitrogen and oxygen atoms in total. The number of fused-ring (bicyclic) bond motifs is 1. The molecule has 9 heteroatoms. The van der Waals surface area contributed by atoms with Gasteiger partial charge in [0, 0.05) is 38.4 Å². The van der Waals surface area contributed by atoms with Crippen LogP contribution in [0.3, 0.4) is 0 Å². The Balaban J connectivity index is 1.13. The molecule has 172 valence electrons. The van der Waals surface area contributed by atoms with Crippen LogP contribution in [0.4, 0.5) is 13.2 Å². The molecule has 2 bridgehead atoms. The lowest BCUT2D eigenvalue weighted by Gasteiger charge is -2.69. The summed E-state index contributed by atoms with van der Waals surface area (Å²) in [6.45, 7) is 2.68. The number of hydrogen-bond acceptors (Lipinski definition) is 4. The lowest BCUT2D eigenvalue weighted by atomic mass is 9.34. The van der Waals surface area contributed by atoms with Crippen LogP contribution in [0.5, 0.6) is 0 Å². The van der Waals surface area contributed by atoms with E-state index in [1.807, 2.05) is 6.07 Å². The van der Waals surface area contributed by atoms with Gasteiger partial charge in [0.05, 0.1) is 16.3 Å². The van der Waals surface area contributed by atoms with Crippen molar-refractivity contribution in [1.29, 1.82) is 0 Å². The van der Waals surface area contributed by atoms with Crippen LogP contribution in [0.2, 0.25) is 0 Å². The number of imidazole rings is 1. The molecule has 2 aromatic heterocycles. The van der Waals surface area contributed by atoms with Crippen LogP contribution in [0, 0.1) is 10.8 Å². The minimum Gasteiger partial charge on any atom is -0.381 e. The Morgan fingerprint density at radius 2 is 1.78 bits per heavy atom. The number of carbonyl (C=O) groups is 1. The molecular weight excluding hydrogens is 421 g/mol. The van der Waals surface area contributed by atoms with Gasteiger partial charge in [-0.25, -0.2) is 9.97 Å². The summed E-state index contributed by atoms with van der Waals surface area (Å²) in [7, 11) is 0. The van der Waals surface area contributed by atoms with Gasteiger partial charge in [-0.3, -0.25) is 4.79 Å². The number of pyridine rings is 1. The summed E-state index contributed by atoms with van der Waals surface area (Å²) in [5.41, 5.74) is 0.564. The van der Waals surface area contributed by atoms with Crippen LogP contribution in [-0.2, 0) is 9.53 Å². The van der Waals surface area contributed by atoms with E-state index in [0.717, 1.165) is 55.9 Å². The quantitative estimate of drug-likeness (QED) is 0.761. The Labute approximate surface area is 183 Å².